The standard InChI is InChI=1S/C12H14N4/c1-2-6-10(7-3-1)14-16-12-9-5-4-8-11(12)13-15-16/h1-3,6-7,14H,4-5,8-9H2. The molecule has 4 heteroatoms. The van der Waals surface area contributed by atoms with Crippen LogP contribution in [0.1, 0.15) is 24.2 Å². The van der Waals surface area contributed by atoms with Gasteiger partial charge in [0.1, 0.15) is 0 Å². The van der Waals surface area contributed by atoms with E-state index in [2.05, 4.69) is 15.7 Å². The Bertz CT molecular complexity index is 475. The zero-order chi connectivity index (χ0) is 10.8. The van der Waals surface area contributed by atoms with Crippen LogP contribution in [0.15, 0.2) is 30.3 Å². The van der Waals surface area contributed by atoms with E-state index in [1.165, 1.54) is 18.5 Å². The summed E-state index contributed by atoms with van der Waals surface area (Å²) in [5.41, 5.74) is 6.68. The Labute approximate surface area is 94.3 Å². The highest BCUT2D eigenvalue weighted by molar-refractivity contribution is 5.42. The van der Waals surface area contributed by atoms with Crippen molar-refractivity contribution >= 4 is 5.69 Å². The van der Waals surface area contributed by atoms with Crippen LogP contribution < -0.4 is 5.43 Å². The lowest BCUT2D eigenvalue weighted by atomic mass is 10.0. The number of aromatic nitrogens is 3. The Morgan fingerprint density at radius 1 is 1.06 bits per heavy atom. The minimum atomic E-state index is 1.04. The number of anilines is 1. The molecule has 0 fully saturated rings. The van der Waals surface area contributed by atoms with E-state index >= 15 is 0 Å². The van der Waals surface area contributed by atoms with Gasteiger partial charge in [-0.3, -0.25) is 5.43 Å². The van der Waals surface area contributed by atoms with Crippen molar-refractivity contribution in [3.05, 3.63) is 41.7 Å². The van der Waals surface area contributed by atoms with Gasteiger partial charge in [-0.05, 0) is 43.0 Å². The minimum Gasteiger partial charge on any atom is -0.277 e. The van der Waals surface area contributed by atoms with E-state index in [4.69, 9.17) is 0 Å². The number of hydrogen-bond acceptors (Lipinski definition) is 3. The van der Waals surface area contributed by atoms with Crippen LogP contribution >= 0.6 is 0 Å². The van der Waals surface area contributed by atoms with Crippen LogP contribution in [0, 0.1) is 0 Å². The van der Waals surface area contributed by atoms with Crippen molar-refractivity contribution in [2.45, 2.75) is 25.7 Å². The average molecular weight is 214 g/mol. The zero-order valence-electron chi connectivity index (χ0n) is 9.06. The zero-order valence-corrected chi connectivity index (χ0v) is 9.06. The Hall–Kier alpha value is -1.84. The average Bonchev–Trinajstić information content (AvgIpc) is 2.74. The molecule has 1 aliphatic rings. The minimum absolute atomic E-state index is 1.04. The molecular formula is C12H14N4. The molecular weight excluding hydrogens is 200 g/mol. The largest absolute Gasteiger partial charge is 0.277 e. The van der Waals surface area contributed by atoms with Gasteiger partial charge < -0.3 is 0 Å². The summed E-state index contributed by atoms with van der Waals surface area (Å²) in [5, 5.41) is 8.35. The molecule has 0 unspecified atom stereocenters. The van der Waals surface area contributed by atoms with Gasteiger partial charge in [0.25, 0.3) is 0 Å². The van der Waals surface area contributed by atoms with E-state index in [1.54, 1.807) is 0 Å². The van der Waals surface area contributed by atoms with Gasteiger partial charge in [-0.25, -0.2) is 0 Å². The van der Waals surface area contributed by atoms with Crippen LogP contribution in [0.4, 0.5) is 5.69 Å². The molecule has 82 valence electrons. The Balaban J connectivity index is 1.88. The molecule has 16 heavy (non-hydrogen) atoms. The highest BCUT2D eigenvalue weighted by atomic mass is 15.6. The van der Waals surface area contributed by atoms with Crippen LogP contribution in [0.25, 0.3) is 0 Å². The summed E-state index contributed by atoms with van der Waals surface area (Å²) in [6.07, 6.45) is 4.60. The van der Waals surface area contributed by atoms with Crippen LogP contribution in [-0.2, 0) is 12.8 Å². The molecule has 0 aliphatic heterocycles. The molecule has 0 atom stereocenters. The SMILES string of the molecule is c1ccc(Nn2nnc3c2CCCC3)cc1. The van der Waals surface area contributed by atoms with Gasteiger partial charge in [-0.15, -0.1) is 5.10 Å². The molecule has 1 heterocycles. The fourth-order valence-corrected chi connectivity index (χ4v) is 2.09. The molecule has 0 saturated heterocycles. The fraction of sp³-hybridized carbons (Fsp3) is 0.333. The Morgan fingerprint density at radius 2 is 1.88 bits per heavy atom. The van der Waals surface area contributed by atoms with Crippen molar-refractivity contribution in [1.82, 2.24) is 15.1 Å². The summed E-state index contributed by atoms with van der Waals surface area (Å²) >= 11 is 0. The smallest absolute Gasteiger partial charge is 0.0881 e. The topological polar surface area (TPSA) is 42.7 Å². The van der Waals surface area contributed by atoms with Crippen LogP contribution in [0.5, 0.6) is 0 Å². The first kappa shape index (κ1) is 9.39. The third kappa shape index (κ3) is 1.66. The second-order valence-corrected chi connectivity index (χ2v) is 4.08. The van der Waals surface area contributed by atoms with Crippen molar-refractivity contribution in [1.29, 1.82) is 0 Å². The van der Waals surface area contributed by atoms with Crippen molar-refractivity contribution in [3.63, 3.8) is 0 Å². The Morgan fingerprint density at radius 3 is 2.75 bits per heavy atom. The van der Waals surface area contributed by atoms with E-state index in [0.717, 1.165) is 24.2 Å². The van der Waals surface area contributed by atoms with Crippen molar-refractivity contribution in [3.8, 4) is 0 Å². The molecule has 0 saturated carbocycles. The summed E-state index contributed by atoms with van der Waals surface area (Å²) in [7, 11) is 0. The molecule has 1 N–H and O–H groups in total. The summed E-state index contributed by atoms with van der Waals surface area (Å²) in [4.78, 5) is 1.81. The third-order valence-corrected chi connectivity index (χ3v) is 2.93. The number of para-hydroxylation sites is 1. The number of aryl methyl sites for hydroxylation is 1. The molecule has 1 aromatic heterocycles. The molecule has 3 rings (SSSR count). The van der Waals surface area contributed by atoms with Crippen molar-refractivity contribution < 1.29 is 0 Å². The first-order valence-corrected chi connectivity index (χ1v) is 5.69. The fourth-order valence-electron chi connectivity index (χ4n) is 2.09. The number of nitrogens with zero attached hydrogens (tertiary/aromatic N) is 3. The van der Waals surface area contributed by atoms with Gasteiger partial charge in [-0.1, -0.05) is 18.2 Å². The van der Waals surface area contributed by atoms with E-state index in [-0.39, 0.29) is 0 Å². The van der Waals surface area contributed by atoms with Gasteiger partial charge in [0.2, 0.25) is 0 Å². The Kier molecular flexibility index (Phi) is 2.33. The number of hydrogen-bond donors (Lipinski definition) is 1. The second kappa shape index (κ2) is 3.96. The normalized spacial score (nSPS) is 14.5. The third-order valence-electron chi connectivity index (χ3n) is 2.93. The molecule has 0 bridgehead atoms. The summed E-state index contributed by atoms with van der Waals surface area (Å²) in [5.74, 6) is 0. The van der Waals surface area contributed by atoms with Crippen molar-refractivity contribution in [2.75, 3.05) is 5.43 Å². The van der Waals surface area contributed by atoms with E-state index in [1.807, 2.05) is 35.1 Å². The lowest BCUT2D eigenvalue weighted by molar-refractivity contribution is 0.637. The monoisotopic (exact) mass is 214 g/mol. The first-order valence-electron chi connectivity index (χ1n) is 5.69. The lowest BCUT2D eigenvalue weighted by Crippen LogP contribution is -2.16. The maximum atomic E-state index is 4.20. The summed E-state index contributed by atoms with van der Waals surface area (Å²) in [6.45, 7) is 0. The maximum absolute atomic E-state index is 4.20. The molecule has 4 nitrogen and oxygen atoms in total. The van der Waals surface area contributed by atoms with Gasteiger partial charge in [0.15, 0.2) is 0 Å². The van der Waals surface area contributed by atoms with Crippen LogP contribution in [0.3, 0.4) is 0 Å². The number of fused-ring (bicyclic) bond motifs is 1. The summed E-state index contributed by atoms with van der Waals surface area (Å²) in [6, 6.07) is 10.1. The molecule has 1 aliphatic carbocycles. The van der Waals surface area contributed by atoms with Gasteiger partial charge >= 0.3 is 0 Å². The molecule has 2 aromatic rings. The first-order chi connectivity index (χ1) is 7.93. The van der Waals surface area contributed by atoms with Crippen molar-refractivity contribution in [2.24, 2.45) is 0 Å². The molecule has 0 radical (unpaired) electrons. The lowest BCUT2D eigenvalue weighted by Gasteiger charge is -2.13. The van der Waals surface area contributed by atoms with E-state index < -0.39 is 0 Å². The highest BCUT2D eigenvalue weighted by Crippen LogP contribution is 2.18. The second-order valence-electron chi connectivity index (χ2n) is 4.08. The van der Waals surface area contributed by atoms with Crippen LogP contribution in [-0.4, -0.2) is 15.1 Å². The molecule has 0 spiro atoms. The highest BCUT2D eigenvalue weighted by Gasteiger charge is 2.16. The summed E-state index contributed by atoms with van der Waals surface area (Å²) < 4.78 is 0. The number of nitrogens with one attached hydrogen (secondary N) is 1. The quantitative estimate of drug-likeness (QED) is 0.831. The molecule has 0 amide bonds. The molecule has 1 aromatic carbocycles. The van der Waals surface area contributed by atoms with Gasteiger partial charge in [0, 0.05) is 0 Å². The predicted octanol–water partition coefficient (Wildman–Crippen LogP) is 2.03. The van der Waals surface area contributed by atoms with E-state index in [0.29, 0.717) is 0 Å². The van der Waals surface area contributed by atoms with Gasteiger partial charge in [-0.2, -0.15) is 4.79 Å². The van der Waals surface area contributed by atoms with Crippen LogP contribution in [0.2, 0.25) is 0 Å². The number of benzene rings is 1. The predicted molar refractivity (Wildman–Crippen MR) is 62.1 cm³/mol. The maximum Gasteiger partial charge on any atom is 0.0881 e. The van der Waals surface area contributed by atoms with Gasteiger partial charge in [0.05, 0.1) is 17.1 Å². The number of rotatable bonds is 2. The van der Waals surface area contributed by atoms with E-state index in [9.17, 15) is 0 Å².